The van der Waals surface area contributed by atoms with E-state index in [0.29, 0.717) is 10.8 Å². The Bertz CT molecular complexity index is 388. The van der Waals surface area contributed by atoms with Crippen LogP contribution in [-0.4, -0.2) is 13.1 Å². The molecule has 1 saturated carbocycles. The highest BCUT2D eigenvalue weighted by Gasteiger charge is 2.43. The van der Waals surface area contributed by atoms with Crippen molar-refractivity contribution in [2.24, 2.45) is 5.41 Å². The van der Waals surface area contributed by atoms with Crippen LogP contribution in [0.2, 0.25) is 0 Å². The molecule has 0 radical (unpaired) electrons. The van der Waals surface area contributed by atoms with Gasteiger partial charge in [0.1, 0.15) is 0 Å². The average molecular weight is 246 g/mol. The summed E-state index contributed by atoms with van der Waals surface area (Å²) in [6, 6.07) is 8.42. The van der Waals surface area contributed by atoms with E-state index in [-0.39, 0.29) is 0 Å². The summed E-state index contributed by atoms with van der Waals surface area (Å²) >= 11 is 0. The van der Waals surface area contributed by atoms with Crippen LogP contribution in [0.5, 0.6) is 0 Å². The molecule has 2 rings (SSSR count). The Kier molecular flexibility index (Phi) is 3.67. The standard InChI is InChI=1S/C16H26N2/c1-4-15(2,3)11-18-12-16(9-10-16)13-5-7-14(17)8-6-13/h5-8,18H,4,9-12,17H2,1-3H3. The Morgan fingerprint density at radius 2 is 1.83 bits per heavy atom. The molecule has 1 aromatic rings. The van der Waals surface area contributed by atoms with Gasteiger partial charge in [0.25, 0.3) is 0 Å². The molecule has 0 unspecified atom stereocenters. The Labute approximate surface area is 111 Å². The van der Waals surface area contributed by atoms with Crippen molar-refractivity contribution in [2.45, 2.75) is 45.4 Å². The molecule has 1 aliphatic rings. The van der Waals surface area contributed by atoms with E-state index in [1.54, 1.807) is 0 Å². The zero-order valence-electron chi connectivity index (χ0n) is 11.9. The largest absolute Gasteiger partial charge is 0.399 e. The van der Waals surface area contributed by atoms with E-state index in [4.69, 9.17) is 5.73 Å². The van der Waals surface area contributed by atoms with Crippen LogP contribution in [0.3, 0.4) is 0 Å². The lowest BCUT2D eigenvalue weighted by molar-refractivity contribution is 0.322. The van der Waals surface area contributed by atoms with Gasteiger partial charge in [0.15, 0.2) is 0 Å². The molecule has 0 bridgehead atoms. The number of hydrogen-bond acceptors (Lipinski definition) is 2. The SMILES string of the molecule is CCC(C)(C)CNCC1(c2ccc(N)cc2)CC1. The highest BCUT2D eigenvalue weighted by molar-refractivity contribution is 5.43. The summed E-state index contributed by atoms with van der Waals surface area (Å²) in [4.78, 5) is 0. The van der Waals surface area contributed by atoms with Crippen molar-refractivity contribution in [1.82, 2.24) is 5.32 Å². The molecule has 18 heavy (non-hydrogen) atoms. The molecule has 0 heterocycles. The third-order valence-electron chi connectivity index (χ3n) is 4.40. The molecule has 0 aliphatic heterocycles. The molecule has 1 fully saturated rings. The molecule has 2 heteroatoms. The normalized spacial score (nSPS) is 17.7. The van der Waals surface area contributed by atoms with E-state index in [2.05, 4.69) is 38.2 Å². The molecule has 1 aliphatic carbocycles. The minimum absolute atomic E-state index is 0.386. The first kappa shape index (κ1) is 13.4. The van der Waals surface area contributed by atoms with Gasteiger partial charge in [-0.05, 0) is 42.4 Å². The van der Waals surface area contributed by atoms with Gasteiger partial charge >= 0.3 is 0 Å². The van der Waals surface area contributed by atoms with Crippen LogP contribution >= 0.6 is 0 Å². The highest BCUT2D eigenvalue weighted by atomic mass is 14.9. The van der Waals surface area contributed by atoms with Gasteiger partial charge in [-0.2, -0.15) is 0 Å². The second kappa shape index (κ2) is 4.93. The summed E-state index contributed by atoms with van der Waals surface area (Å²) in [6.07, 6.45) is 3.82. The molecule has 0 aromatic heterocycles. The van der Waals surface area contributed by atoms with Crippen molar-refractivity contribution in [1.29, 1.82) is 0 Å². The van der Waals surface area contributed by atoms with Gasteiger partial charge in [0, 0.05) is 24.2 Å². The maximum atomic E-state index is 5.75. The van der Waals surface area contributed by atoms with E-state index in [0.717, 1.165) is 18.8 Å². The van der Waals surface area contributed by atoms with Crippen molar-refractivity contribution in [3.63, 3.8) is 0 Å². The molecule has 0 atom stereocenters. The van der Waals surface area contributed by atoms with Crippen molar-refractivity contribution in [2.75, 3.05) is 18.8 Å². The summed E-state index contributed by atoms with van der Waals surface area (Å²) in [6.45, 7) is 9.10. The molecular formula is C16H26N2. The minimum Gasteiger partial charge on any atom is -0.399 e. The summed E-state index contributed by atoms with van der Waals surface area (Å²) in [5.41, 5.74) is 8.84. The highest BCUT2D eigenvalue weighted by Crippen LogP contribution is 2.47. The smallest absolute Gasteiger partial charge is 0.0314 e. The molecule has 1 aromatic carbocycles. The zero-order chi connectivity index (χ0) is 13.2. The van der Waals surface area contributed by atoms with Gasteiger partial charge in [0.2, 0.25) is 0 Å². The zero-order valence-corrected chi connectivity index (χ0v) is 11.9. The number of anilines is 1. The van der Waals surface area contributed by atoms with Gasteiger partial charge in [-0.25, -0.2) is 0 Å². The van der Waals surface area contributed by atoms with Crippen molar-refractivity contribution < 1.29 is 0 Å². The topological polar surface area (TPSA) is 38.0 Å². The molecule has 0 spiro atoms. The quantitative estimate of drug-likeness (QED) is 0.756. The average Bonchev–Trinajstić information content (AvgIpc) is 3.11. The Morgan fingerprint density at radius 1 is 1.22 bits per heavy atom. The van der Waals surface area contributed by atoms with E-state index in [1.165, 1.54) is 24.8 Å². The van der Waals surface area contributed by atoms with Crippen LogP contribution in [0.15, 0.2) is 24.3 Å². The number of nitrogens with one attached hydrogen (secondary N) is 1. The van der Waals surface area contributed by atoms with Crippen molar-refractivity contribution in [3.8, 4) is 0 Å². The lowest BCUT2D eigenvalue weighted by Crippen LogP contribution is -2.34. The summed E-state index contributed by atoms with van der Waals surface area (Å²) in [7, 11) is 0. The van der Waals surface area contributed by atoms with Gasteiger partial charge in [-0.1, -0.05) is 32.9 Å². The van der Waals surface area contributed by atoms with Gasteiger partial charge in [-0.15, -0.1) is 0 Å². The van der Waals surface area contributed by atoms with Crippen LogP contribution in [0, 0.1) is 5.41 Å². The summed E-state index contributed by atoms with van der Waals surface area (Å²) in [5, 5.41) is 3.66. The molecular weight excluding hydrogens is 220 g/mol. The third kappa shape index (κ3) is 3.05. The fraction of sp³-hybridized carbons (Fsp3) is 0.625. The van der Waals surface area contributed by atoms with Crippen LogP contribution in [-0.2, 0) is 5.41 Å². The first-order valence-corrected chi connectivity index (χ1v) is 7.04. The lowest BCUT2D eigenvalue weighted by Gasteiger charge is -2.25. The maximum Gasteiger partial charge on any atom is 0.0314 e. The van der Waals surface area contributed by atoms with E-state index < -0.39 is 0 Å². The third-order valence-corrected chi connectivity index (χ3v) is 4.40. The molecule has 0 amide bonds. The fourth-order valence-corrected chi connectivity index (χ4v) is 2.32. The molecule has 100 valence electrons. The minimum atomic E-state index is 0.386. The maximum absolute atomic E-state index is 5.75. The first-order valence-electron chi connectivity index (χ1n) is 7.04. The van der Waals surface area contributed by atoms with Gasteiger partial charge < -0.3 is 11.1 Å². The van der Waals surface area contributed by atoms with E-state index in [1.807, 2.05) is 12.1 Å². The van der Waals surface area contributed by atoms with Crippen molar-refractivity contribution in [3.05, 3.63) is 29.8 Å². The van der Waals surface area contributed by atoms with Gasteiger partial charge in [-0.3, -0.25) is 0 Å². The van der Waals surface area contributed by atoms with E-state index in [9.17, 15) is 0 Å². The van der Waals surface area contributed by atoms with E-state index >= 15 is 0 Å². The second-order valence-electron chi connectivity index (χ2n) is 6.52. The Morgan fingerprint density at radius 3 is 2.33 bits per heavy atom. The van der Waals surface area contributed by atoms with Crippen LogP contribution in [0.4, 0.5) is 5.69 Å². The number of benzene rings is 1. The van der Waals surface area contributed by atoms with Crippen molar-refractivity contribution >= 4 is 5.69 Å². The summed E-state index contributed by atoms with van der Waals surface area (Å²) in [5.74, 6) is 0. The molecule has 3 N–H and O–H groups in total. The van der Waals surface area contributed by atoms with Crippen LogP contribution in [0.25, 0.3) is 0 Å². The first-order chi connectivity index (χ1) is 8.47. The molecule has 0 saturated heterocycles. The molecule has 2 nitrogen and oxygen atoms in total. The number of nitrogen functional groups attached to an aromatic ring is 1. The lowest BCUT2D eigenvalue weighted by atomic mass is 9.89. The Balaban J connectivity index is 1.91. The predicted octanol–water partition coefficient (Wildman–Crippen LogP) is 3.33. The number of nitrogens with two attached hydrogens (primary N) is 1. The van der Waals surface area contributed by atoms with Crippen LogP contribution < -0.4 is 11.1 Å². The Hall–Kier alpha value is -1.02. The summed E-state index contributed by atoms with van der Waals surface area (Å²) < 4.78 is 0. The predicted molar refractivity (Wildman–Crippen MR) is 78.7 cm³/mol. The van der Waals surface area contributed by atoms with Crippen LogP contribution in [0.1, 0.15) is 45.6 Å². The number of hydrogen-bond donors (Lipinski definition) is 2. The number of rotatable bonds is 6. The fourth-order valence-electron chi connectivity index (χ4n) is 2.32. The monoisotopic (exact) mass is 246 g/mol. The van der Waals surface area contributed by atoms with Gasteiger partial charge in [0.05, 0.1) is 0 Å². The second-order valence-corrected chi connectivity index (χ2v) is 6.52.